The SMILES string of the molecule is CCCCN1C(=O)/C(=c2/sc3n(c2=O)[C@@H](c2ccc(N(C)C)cc2)C(C(=O)OCC)=C(C)N=3)c2ccccc21. The fourth-order valence-electron chi connectivity index (χ4n) is 5.15. The number of anilines is 2. The summed E-state index contributed by atoms with van der Waals surface area (Å²) in [7, 11) is 3.90. The molecule has 2 aliphatic rings. The Morgan fingerprint density at radius 2 is 1.79 bits per heavy atom. The van der Waals surface area contributed by atoms with Crippen molar-refractivity contribution < 1.29 is 14.3 Å². The third-order valence-corrected chi connectivity index (χ3v) is 8.16. The largest absolute Gasteiger partial charge is 0.463 e. The first-order chi connectivity index (χ1) is 18.8. The molecular formula is C30H32N4O4S. The summed E-state index contributed by atoms with van der Waals surface area (Å²) in [5, 5.41) is 0. The number of allylic oxidation sites excluding steroid dienone is 1. The highest BCUT2D eigenvalue weighted by molar-refractivity contribution is 7.07. The lowest BCUT2D eigenvalue weighted by molar-refractivity contribution is -0.139. The number of aromatic nitrogens is 1. The van der Waals surface area contributed by atoms with Crippen LogP contribution in [0.15, 0.2) is 69.6 Å². The zero-order chi connectivity index (χ0) is 27.8. The molecule has 3 aromatic rings. The van der Waals surface area contributed by atoms with Gasteiger partial charge >= 0.3 is 5.97 Å². The number of thiazole rings is 1. The van der Waals surface area contributed by atoms with Crippen LogP contribution in [0.3, 0.4) is 0 Å². The van der Waals surface area contributed by atoms with Crippen LogP contribution in [0.4, 0.5) is 11.4 Å². The van der Waals surface area contributed by atoms with Crippen LogP contribution >= 0.6 is 11.3 Å². The Morgan fingerprint density at radius 1 is 1.08 bits per heavy atom. The molecule has 0 radical (unpaired) electrons. The summed E-state index contributed by atoms with van der Waals surface area (Å²) >= 11 is 1.19. The topological polar surface area (TPSA) is 84.2 Å². The van der Waals surface area contributed by atoms with Gasteiger partial charge in [0.2, 0.25) is 0 Å². The summed E-state index contributed by atoms with van der Waals surface area (Å²) in [5.41, 5.74) is 4.19. The number of hydrogen-bond donors (Lipinski definition) is 0. The average molecular weight is 545 g/mol. The second kappa shape index (κ2) is 10.6. The Kier molecular flexibility index (Phi) is 7.27. The lowest BCUT2D eigenvalue weighted by Crippen LogP contribution is -2.41. The number of rotatable bonds is 7. The molecule has 0 spiro atoms. The minimum atomic E-state index is -0.728. The fourth-order valence-corrected chi connectivity index (χ4v) is 6.29. The lowest BCUT2D eigenvalue weighted by Gasteiger charge is -2.25. The van der Waals surface area contributed by atoms with Crippen molar-refractivity contribution in [2.75, 3.05) is 37.0 Å². The molecule has 39 heavy (non-hydrogen) atoms. The number of benzene rings is 2. The molecule has 1 atom stereocenters. The van der Waals surface area contributed by atoms with Gasteiger partial charge < -0.3 is 14.5 Å². The zero-order valence-corrected chi connectivity index (χ0v) is 23.7. The van der Waals surface area contributed by atoms with Gasteiger partial charge in [0.25, 0.3) is 11.5 Å². The van der Waals surface area contributed by atoms with Crippen molar-refractivity contribution in [2.45, 2.75) is 39.7 Å². The Hall–Kier alpha value is -3.98. The van der Waals surface area contributed by atoms with Gasteiger partial charge in [-0.2, -0.15) is 0 Å². The van der Waals surface area contributed by atoms with Crippen LogP contribution in [0.2, 0.25) is 0 Å². The van der Waals surface area contributed by atoms with Gasteiger partial charge in [0.1, 0.15) is 4.53 Å². The predicted octanol–water partition coefficient (Wildman–Crippen LogP) is 3.38. The summed E-state index contributed by atoms with van der Waals surface area (Å²) in [5.74, 6) is -0.686. The van der Waals surface area contributed by atoms with Crippen molar-refractivity contribution in [1.82, 2.24) is 4.57 Å². The highest BCUT2D eigenvalue weighted by Gasteiger charge is 2.37. The molecule has 0 N–H and O–H groups in total. The van der Waals surface area contributed by atoms with Gasteiger partial charge in [-0.15, -0.1) is 0 Å². The van der Waals surface area contributed by atoms with Crippen LogP contribution < -0.4 is 24.7 Å². The molecule has 0 aliphatic carbocycles. The molecule has 202 valence electrons. The van der Waals surface area contributed by atoms with E-state index in [1.54, 1.807) is 23.3 Å². The van der Waals surface area contributed by atoms with E-state index in [9.17, 15) is 14.4 Å². The molecule has 2 aromatic carbocycles. The number of para-hydroxylation sites is 1. The first kappa shape index (κ1) is 26.6. The predicted molar refractivity (Wildman–Crippen MR) is 154 cm³/mol. The highest BCUT2D eigenvalue weighted by atomic mass is 32.1. The first-order valence-corrected chi connectivity index (χ1v) is 14.0. The Morgan fingerprint density at radius 3 is 2.46 bits per heavy atom. The molecule has 0 unspecified atom stereocenters. The number of unbranched alkanes of at least 4 members (excludes halogenated alkanes) is 1. The number of esters is 1. The van der Waals surface area contributed by atoms with Crippen molar-refractivity contribution in [3.63, 3.8) is 0 Å². The third-order valence-electron chi connectivity index (χ3n) is 7.10. The summed E-state index contributed by atoms with van der Waals surface area (Å²) in [6.07, 6.45) is 1.81. The van der Waals surface area contributed by atoms with Crippen molar-refractivity contribution >= 4 is 40.2 Å². The maximum absolute atomic E-state index is 14.2. The first-order valence-electron chi connectivity index (χ1n) is 13.2. The van der Waals surface area contributed by atoms with Crippen molar-refractivity contribution in [3.8, 4) is 0 Å². The number of amides is 1. The summed E-state index contributed by atoms with van der Waals surface area (Å²) in [6, 6.07) is 14.6. The maximum atomic E-state index is 14.2. The number of ether oxygens (including phenoxy) is 1. The third kappa shape index (κ3) is 4.50. The van der Waals surface area contributed by atoms with E-state index in [4.69, 9.17) is 4.74 Å². The fraction of sp³-hybridized carbons (Fsp3) is 0.333. The maximum Gasteiger partial charge on any atom is 0.338 e. The molecule has 0 fully saturated rings. The number of hydrogen-bond acceptors (Lipinski definition) is 7. The van der Waals surface area contributed by atoms with Crippen molar-refractivity contribution in [2.24, 2.45) is 4.99 Å². The zero-order valence-electron chi connectivity index (χ0n) is 22.9. The van der Waals surface area contributed by atoms with Crippen LogP contribution in [0, 0.1) is 0 Å². The van der Waals surface area contributed by atoms with Gasteiger partial charge in [-0.3, -0.25) is 14.2 Å². The quantitative estimate of drug-likeness (QED) is 0.426. The molecule has 2 aliphatic heterocycles. The highest BCUT2D eigenvalue weighted by Crippen LogP contribution is 2.36. The van der Waals surface area contributed by atoms with E-state index < -0.39 is 12.0 Å². The van der Waals surface area contributed by atoms with E-state index in [1.165, 1.54) is 11.3 Å². The van der Waals surface area contributed by atoms with Crippen molar-refractivity contribution in [1.29, 1.82) is 0 Å². The van der Waals surface area contributed by atoms with Gasteiger partial charge in [-0.1, -0.05) is 55.0 Å². The van der Waals surface area contributed by atoms with Crippen LogP contribution in [-0.4, -0.2) is 43.7 Å². The van der Waals surface area contributed by atoms with Gasteiger partial charge in [0.05, 0.1) is 35.2 Å². The van der Waals surface area contributed by atoms with Gasteiger partial charge in [-0.05, 0) is 44.0 Å². The van der Waals surface area contributed by atoms with E-state index in [-0.39, 0.29) is 18.1 Å². The Bertz CT molecular complexity index is 1660. The molecule has 0 saturated heterocycles. The summed E-state index contributed by atoms with van der Waals surface area (Å²) in [6.45, 7) is 6.38. The normalized spacial score (nSPS) is 17.6. The molecule has 5 rings (SSSR count). The molecule has 0 saturated carbocycles. The van der Waals surface area contributed by atoms with Crippen LogP contribution in [-0.2, 0) is 14.3 Å². The number of carbonyl (C=O) groups excluding carboxylic acids is 2. The molecular weight excluding hydrogens is 512 g/mol. The molecule has 8 nitrogen and oxygen atoms in total. The van der Waals surface area contributed by atoms with E-state index in [2.05, 4.69) is 11.9 Å². The van der Waals surface area contributed by atoms with E-state index in [0.717, 1.165) is 35.3 Å². The molecule has 3 heterocycles. The standard InChI is InChI=1S/C30H32N4O4S/c1-6-8-17-33-22-12-10-9-11-21(22)24(27(33)35)26-28(36)34-25(19-13-15-20(16-14-19)32(4)5)23(29(37)38-7-2)18(3)31-30(34)39-26/h9-16,25H,6-8,17H2,1-5H3/b26-24+/t25-/m0/s1. The molecule has 1 aromatic heterocycles. The van der Waals surface area contributed by atoms with E-state index in [0.29, 0.717) is 32.7 Å². The summed E-state index contributed by atoms with van der Waals surface area (Å²) in [4.78, 5) is 50.0. The second-order valence-corrected chi connectivity index (χ2v) is 10.8. The van der Waals surface area contributed by atoms with E-state index >= 15 is 0 Å². The van der Waals surface area contributed by atoms with E-state index in [1.807, 2.05) is 67.5 Å². The van der Waals surface area contributed by atoms with Crippen molar-refractivity contribution in [3.05, 3.63) is 90.6 Å². The number of carbonyl (C=O) groups is 2. The minimum Gasteiger partial charge on any atom is -0.463 e. The average Bonchev–Trinajstić information content (AvgIpc) is 3.38. The minimum absolute atomic E-state index is 0.178. The number of nitrogens with zero attached hydrogens (tertiary/aromatic N) is 4. The van der Waals surface area contributed by atoms with Crippen LogP contribution in [0.5, 0.6) is 0 Å². The second-order valence-electron chi connectivity index (χ2n) is 9.81. The van der Waals surface area contributed by atoms with Gasteiger partial charge in [-0.25, -0.2) is 9.79 Å². The molecule has 9 heteroatoms. The number of fused-ring (bicyclic) bond motifs is 2. The monoisotopic (exact) mass is 544 g/mol. The van der Waals surface area contributed by atoms with Gasteiger partial charge in [0.15, 0.2) is 4.80 Å². The lowest BCUT2D eigenvalue weighted by atomic mass is 9.95. The molecule has 1 amide bonds. The molecule has 0 bridgehead atoms. The summed E-state index contributed by atoms with van der Waals surface area (Å²) < 4.78 is 7.27. The smallest absolute Gasteiger partial charge is 0.338 e. The van der Waals surface area contributed by atoms with Crippen LogP contribution in [0.1, 0.15) is 50.8 Å². The van der Waals surface area contributed by atoms with Gasteiger partial charge in [0, 0.05) is 31.9 Å². The van der Waals surface area contributed by atoms with Crippen LogP contribution in [0.25, 0.3) is 5.57 Å². The Labute approximate surface area is 231 Å². The Balaban J connectivity index is 1.76.